The van der Waals surface area contributed by atoms with E-state index in [-0.39, 0.29) is 16.6 Å². The molecule has 0 radical (unpaired) electrons. The fourth-order valence-corrected chi connectivity index (χ4v) is 2.54. The van der Waals surface area contributed by atoms with Crippen LogP contribution in [-0.4, -0.2) is 11.8 Å². The van der Waals surface area contributed by atoms with Gasteiger partial charge < -0.3 is 0 Å². The molecule has 0 fully saturated rings. The summed E-state index contributed by atoms with van der Waals surface area (Å²) in [6.07, 6.45) is 2.08. The summed E-state index contributed by atoms with van der Waals surface area (Å²) >= 11 is 3.57. The van der Waals surface area contributed by atoms with Gasteiger partial charge in [-0.3, -0.25) is 14.9 Å². The summed E-state index contributed by atoms with van der Waals surface area (Å²) in [6, 6.07) is 5.41. The Balaban J connectivity index is 2.36. The third-order valence-electron chi connectivity index (χ3n) is 2.66. The predicted molar refractivity (Wildman–Crippen MR) is 64.8 cm³/mol. The molecule has 1 atom stereocenters. The fourth-order valence-electron chi connectivity index (χ4n) is 1.80. The SMILES string of the molecule is CCCC(Br)c1ccc2c(c1)C(=O)NC2=O. The summed E-state index contributed by atoms with van der Waals surface area (Å²) in [4.78, 5) is 23.0. The van der Waals surface area contributed by atoms with Crippen molar-refractivity contribution >= 4 is 27.7 Å². The lowest BCUT2D eigenvalue weighted by Gasteiger charge is -2.09. The van der Waals surface area contributed by atoms with E-state index in [2.05, 4.69) is 28.2 Å². The Hall–Kier alpha value is -1.16. The van der Waals surface area contributed by atoms with E-state index < -0.39 is 0 Å². The molecule has 84 valence electrons. The highest BCUT2D eigenvalue weighted by Gasteiger charge is 2.27. The first-order chi connectivity index (χ1) is 7.63. The minimum atomic E-state index is -0.298. The summed E-state index contributed by atoms with van der Waals surface area (Å²) in [6.45, 7) is 2.11. The number of imide groups is 1. The summed E-state index contributed by atoms with van der Waals surface area (Å²) < 4.78 is 0. The van der Waals surface area contributed by atoms with Crippen molar-refractivity contribution in [3.63, 3.8) is 0 Å². The van der Waals surface area contributed by atoms with E-state index in [1.807, 2.05) is 6.07 Å². The maximum absolute atomic E-state index is 11.5. The Morgan fingerprint density at radius 3 is 2.62 bits per heavy atom. The largest absolute Gasteiger partial charge is 0.288 e. The summed E-state index contributed by atoms with van der Waals surface area (Å²) in [5.41, 5.74) is 2.01. The zero-order chi connectivity index (χ0) is 11.7. The molecular formula is C12H12BrNO2. The van der Waals surface area contributed by atoms with Gasteiger partial charge in [-0.25, -0.2) is 0 Å². The van der Waals surface area contributed by atoms with Crippen LogP contribution in [0.5, 0.6) is 0 Å². The molecule has 1 aliphatic rings. The fraction of sp³-hybridized carbons (Fsp3) is 0.333. The maximum atomic E-state index is 11.5. The van der Waals surface area contributed by atoms with Crippen molar-refractivity contribution in [3.05, 3.63) is 34.9 Å². The molecule has 1 heterocycles. The van der Waals surface area contributed by atoms with E-state index >= 15 is 0 Å². The Kier molecular flexibility index (Phi) is 3.10. The number of alkyl halides is 1. The predicted octanol–water partition coefficient (Wildman–Crippen LogP) is 2.81. The van der Waals surface area contributed by atoms with E-state index in [0.29, 0.717) is 11.1 Å². The molecule has 4 heteroatoms. The van der Waals surface area contributed by atoms with Gasteiger partial charge >= 0.3 is 0 Å². The summed E-state index contributed by atoms with van der Waals surface area (Å²) in [5.74, 6) is -0.591. The zero-order valence-corrected chi connectivity index (χ0v) is 10.5. The molecule has 0 saturated carbocycles. The third-order valence-corrected chi connectivity index (χ3v) is 3.65. The van der Waals surface area contributed by atoms with Crippen LogP contribution < -0.4 is 5.32 Å². The molecule has 16 heavy (non-hydrogen) atoms. The van der Waals surface area contributed by atoms with Crippen molar-refractivity contribution in [1.82, 2.24) is 5.32 Å². The second-order valence-corrected chi connectivity index (χ2v) is 4.95. The normalized spacial score (nSPS) is 15.9. The molecule has 0 aromatic heterocycles. The van der Waals surface area contributed by atoms with Crippen molar-refractivity contribution in [2.45, 2.75) is 24.6 Å². The molecule has 2 amide bonds. The van der Waals surface area contributed by atoms with Gasteiger partial charge in [0.2, 0.25) is 0 Å². The second-order valence-electron chi connectivity index (χ2n) is 3.84. The lowest BCUT2D eigenvalue weighted by Crippen LogP contribution is -2.19. The molecule has 1 aliphatic heterocycles. The third kappa shape index (κ3) is 1.89. The summed E-state index contributed by atoms with van der Waals surface area (Å²) in [5, 5.41) is 2.29. The monoisotopic (exact) mass is 281 g/mol. The molecule has 0 bridgehead atoms. The van der Waals surface area contributed by atoms with E-state index in [1.165, 1.54) is 0 Å². The molecule has 1 N–H and O–H groups in total. The maximum Gasteiger partial charge on any atom is 0.258 e. The number of halogens is 1. The van der Waals surface area contributed by atoms with Crippen LogP contribution >= 0.6 is 15.9 Å². The van der Waals surface area contributed by atoms with Crippen molar-refractivity contribution in [1.29, 1.82) is 0 Å². The topological polar surface area (TPSA) is 46.2 Å². The number of amides is 2. The van der Waals surface area contributed by atoms with Crippen molar-refractivity contribution in [2.24, 2.45) is 0 Å². The van der Waals surface area contributed by atoms with Gasteiger partial charge in [0.1, 0.15) is 0 Å². The Morgan fingerprint density at radius 1 is 1.25 bits per heavy atom. The second kappa shape index (κ2) is 4.37. The Morgan fingerprint density at radius 2 is 1.94 bits per heavy atom. The number of nitrogens with one attached hydrogen (secondary N) is 1. The molecule has 1 unspecified atom stereocenters. The lowest BCUT2D eigenvalue weighted by atomic mass is 10.0. The molecule has 1 aromatic carbocycles. The smallest absolute Gasteiger partial charge is 0.258 e. The molecule has 0 aliphatic carbocycles. The first-order valence-electron chi connectivity index (χ1n) is 5.27. The molecule has 1 aromatic rings. The average Bonchev–Trinajstić information content (AvgIpc) is 2.55. The minimum absolute atomic E-state index is 0.242. The van der Waals surface area contributed by atoms with Crippen LogP contribution in [0.4, 0.5) is 0 Å². The van der Waals surface area contributed by atoms with Crippen LogP contribution in [0.3, 0.4) is 0 Å². The van der Waals surface area contributed by atoms with Crippen molar-refractivity contribution < 1.29 is 9.59 Å². The van der Waals surface area contributed by atoms with Crippen molar-refractivity contribution in [3.8, 4) is 0 Å². The molecule has 0 saturated heterocycles. The van der Waals surface area contributed by atoms with Gasteiger partial charge in [0, 0.05) is 4.83 Å². The number of benzene rings is 1. The van der Waals surface area contributed by atoms with E-state index in [0.717, 1.165) is 18.4 Å². The van der Waals surface area contributed by atoms with E-state index in [9.17, 15) is 9.59 Å². The van der Waals surface area contributed by atoms with Crippen LogP contribution in [0, 0.1) is 0 Å². The van der Waals surface area contributed by atoms with Gasteiger partial charge in [-0.1, -0.05) is 35.3 Å². The Bertz CT molecular complexity index is 456. The van der Waals surface area contributed by atoms with Crippen LogP contribution in [0.1, 0.15) is 50.9 Å². The van der Waals surface area contributed by atoms with Crippen molar-refractivity contribution in [2.75, 3.05) is 0 Å². The number of hydrogen-bond donors (Lipinski definition) is 1. The molecule has 0 spiro atoms. The van der Waals surface area contributed by atoms with Gasteiger partial charge in [0.25, 0.3) is 11.8 Å². The van der Waals surface area contributed by atoms with Gasteiger partial charge in [-0.15, -0.1) is 0 Å². The van der Waals surface area contributed by atoms with Crippen LogP contribution in [-0.2, 0) is 0 Å². The molecular weight excluding hydrogens is 270 g/mol. The number of carbonyl (C=O) groups is 2. The number of carbonyl (C=O) groups excluding carboxylic acids is 2. The van der Waals surface area contributed by atoms with E-state index in [1.54, 1.807) is 12.1 Å². The highest BCUT2D eigenvalue weighted by atomic mass is 79.9. The van der Waals surface area contributed by atoms with Gasteiger partial charge in [-0.2, -0.15) is 0 Å². The lowest BCUT2D eigenvalue weighted by molar-refractivity contribution is 0.0879. The average molecular weight is 282 g/mol. The Labute approximate surface area is 102 Å². The molecule has 2 rings (SSSR count). The van der Waals surface area contributed by atoms with Crippen LogP contribution in [0.25, 0.3) is 0 Å². The van der Waals surface area contributed by atoms with Gasteiger partial charge in [-0.05, 0) is 24.1 Å². The summed E-state index contributed by atoms with van der Waals surface area (Å²) in [7, 11) is 0. The minimum Gasteiger partial charge on any atom is -0.288 e. The zero-order valence-electron chi connectivity index (χ0n) is 8.92. The standard InChI is InChI=1S/C12H12BrNO2/c1-2-3-10(13)7-4-5-8-9(6-7)12(16)14-11(8)15/h4-6,10H,2-3H2,1H3,(H,14,15,16). The number of fused-ring (bicyclic) bond motifs is 1. The number of rotatable bonds is 3. The highest BCUT2D eigenvalue weighted by molar-refractivity contribution is 9.09. The van der Waals surface area contributed by atoms with Crippen LogP contribution in [0.2, 0.25) is 0 Å². The van der Waals surface area contributed by atoms with E-state index in [4.69, 9.17) is 0 Å². The van der Waals surface area contributed by atoms with Gasteiger partial charge in [0.15, 0.2) is 0 Å². The van der Waals surface area contributed by atoms with Gasteiger partial charge in [0.05, 0.1) is 11.1 Å². The molecule has 3 nitrogen and oxygen atoms in total. The van der Waals surface area contributed by atoms with Crippen LogP contribution in [0.15, 0.2) is 18.2 Å². The number of hydrogen-bond acceptors (Lipinski definition) is 2. The highest BCUT2D eigenvalue weighted by Crippen LogP contribution is 2.30. The first-order valence-corrected chi connectivity index (χ1v) is 6.18. The quantitative estimate of drug-likeness (QED) is 0.684. The first kappa shape index (κ1) is 11.3.